The molecule has 118 valence electrons. The van der Waals surface area contributed by atoms with Crippen molar-refractivity contribution in [2.75, 3.05) is 13.6 Å². The Morgan fingerprint density at radius 3 is 2.09 bits per heavy atom. The molecular formula is C18H23ClN2O. The lowest BCUT2D eigenvalue weighted by molar-refractivity contribution is -0.122. The van der Waals surface area contributed by atoms with E-state index in [1.165, 1.54) is 5.56 Å². The van der Waals surface area contributed by atoms with Gasteiger partial charge in [-0.05, 0) is 31.5 Å². The van der Waals surface area contributed by atoms with E-state index in [1.54, 1.807) is 7.05 Å². The molecule has 2 N–H and O–H groups in total. The molecular weight excluding hydrogens is 296 g/mol. The molecule has 0 aliphatic rings. The molecule has 2 aromatic rings. The van der Waals surface area contributed by atoms with Crippen LogP contribution in [-0.4, -0.2) is 19.5 Å². The van der Waals surface area contributed by atoms with Gasteiger partial charge in [0.1, 0.15) is 0 Å². The third-order valence-corrected chi connectivity index (χ3v) is 3.56. The highest BCUT2D eigenvalue weighted by Crippen LogP contribution is 2.25. The van der Waals surface area contributed by atoms with Gasteiger partial charge in [0.05, 0.1) is 12.1 Å². The summed E-state index contributed by atoms with van der Waals surface area (Å²) in [5, 5.41) is 6.05. The molecule has 3 nitrogen and oxygen atoms in total. The van der Waals surface area contributed by atoms with Crippen LogP contribution in [0.5, 0.6) is 0 Å². The van der Waals surface area contributed by atoms with Gasteiger partial charge in [-0.3, -0.25) is 4.79 Å². The maximum absolute atomic E-state index is 12.0. The summed E-state index contributed by atoms with van der Waals surface area (Å²) in [6, 6.07) is 20.3. The highest BCUT2D eigenvalue weighted by atomic mass is 35.5. The first kappa shape index (κ1) is 18.2. The standard InChI is InChI=1S/C18H22N2O.ClH/c1-18(20-17(21)14-19-2,16-11-7-4-8-12-16)13-15-9-5-3-6-10-15;/h3-12,19H,13-14H2,1-2H3,(H,20,21);1H. The molecule has 0 saturated carbocycles. The summed E-state index contributed by atoms with van der Waals surface area (Å²) >= 11 is 0. The number of benzene rings is 2. The number of hydrogen-bond acceptors (Lipinski definition) is 2. The quantitative estimate of drug-likeness (QED) is 0.860. The van der Waals surface area contributed by atoms with Gasteiger partial charge in [0, 0.05) is 0 Å². The zero-order valence-electron chi connectivity index (χ0n) is 13.0. The van der Waals surface area contributed by atoms with E-state index < -0.39 is 5.54 Å². The number of carbonyl (C=O) groups is 1. The van der Waals surface area contributed by atoms with Crippen LogP contribution in [0, 0.1) is 0 Å². The molecule has 2 aromatic carbocycles. The van der Waals surface area contributed by atoms with Crippen LogP contribution in [0.1, 0.15) is 18.1 Å². The molecule has 22 heavy (non-hydrogen) atoms. The van der Waals surface area contributed by atoms with E-state index in [4.69, 9.17) is 0 Å². The van der Waals surface area contributed by atoms with Crippen LogP contribution >= 0.6 is 12.4 Å². The molecule has 0 saturated heterocycles. The average molecular weight is 319 g/mol. The van der Waals surface area contributed by atoms with Gasteiger partial charge in [0.2, 0.25) is 5.91 Å². The van der Waals surface area contributed by atoms with E-state index in [9.17, 15) is 4.79 Å². The fourth-order valence-corrected chi connectivity index (χ4v) is 2.54. The minimum absolute atomic E-state index is 0. The lowest BCUT2D eigenvalue weighted by Crippen LogP contribution is -2.47. The Kier molecular flexibility index (Phi) is 7.09. The molecule has 0 radical (unpaired) electrons. The van der Waals surface area contributed by atoms with Crippen LogP contribution in [0.15, 0.2) is 60.7 Å². The van der Waals surface area contributed by atoms with Crippen LogP contribution in [-0.2, 0) is 16.8 Å². The Labute approximate surface area is 138 Å². The van der Waals surface area contributed by atoms with Gasteiger partial charge in [-0.25, -0.2) is 0 Å². The maximum atomic E-state index is 12.0. The van der Waals surface area contributed by atoms with E-state index in [2.05, 4.69) is 41.8 Å². The molecule has 0 spiro atoms. The summed E-state index contributed by atoms with van der Waals surface area (Å²) in [7, 11) is 1.77. The van der Waals surface area contributed by atoms with E-state index in [-0.39, 0.29) is 18.3 Å². The fourth-order valence-electron chi connectivity index (χ4n) is 2.54. The largest absolute Gasteiger partial charge is 0.345 e. The Bertz CT molecular complexity index is 574. The Hall–Kier alpha value is -1.84. The molecule has 1 amide bonds. The highest BCUT2D eigenvalue weighted by molar-refractivity contribution is 5.85. The summed E-state index contributed by atoms with van der Waals surface area (Å²) in [5.41, 5.74) is 1.89. The summed E-state index contributed by atoms with van der Waals surface area (Å²) in [6.07, 6.45) is 0.757. The third kappa shape index (κ3) is 4.86. The van der Waals surface area contributed by atoms with Crippen molar-refractivity contribution >= 4 is 18.3 Å². The highest BCUT2D eigenvalue weighted by Gasteiger charge is 2.28. The van der Waals surface area contributed by atoms with Gasteiger partial charge >= 0.3 is 0 Å². The first-order valence-corrected chi connectivity index (χ1v) is 7.19. The lowest BCUT2D eigenvalue weighted by atomic mass is 9.85. The lowest BCUT2D eigenvalue weighted by Gasteiger charge is -2.32. The van der Waals surface area contributed by atoms with E-state index >= 15 is 0 Å². The van der Waals surface area contributed by atoms with Crippen LogP contribution < -0.4 is 10.6 Å². The SMILES string of the molecule is CNCC(=O)NC(C)(Cc1ccccc1)c1ccccc1.Cl. The smallest absolute Gasteiger partial charge is 0.234 e. The summed E-state index contributed by atoms with van der Waals surface area (Å²) in [5.74, 6) is -0.000200. The molecule has 0 aliphatic carbocycles. The fraction of sp³-hybridized carbons (Fsp3) is 0.278. The van der Waals surface area contributed by atoms with E-state index in [1.807, 2.05) is 36.4 Å². The molecule has 0 bridgehead atoms. The molecule has 1 unspecified atom stereocenters. The molecule has 4 heteroatoms. The molecule has 2 rings (SSSR count). The zero-order valence-corrected chi connectivity index (χ0v) is 13.8. The van der Waals surface area contributed by atoms with Crippen LogP contribution in [0.3, 0.4) is 0 Å². The summed E-state index contributed by atoms with van der Waals surface area (Å²) in [4.78, 5) is 12.0. The number of rotatable bonds is 6. The van der Waals surface area contributed by atoms with Gasteiger partial charge in [-0.1, -0.05) is 60.7 Å². The summed E-state index contributed by atoms with van der Waals surface area (Å²) in [6.45, 7) is 2.39. The van der Waals surface area contributed by atoms with Gasteiger partial charge in [-0.15, -0.1) is 12.4 Å². The number of amides is 1. The first-order valence-electron chi connectivity index (χ1n) is 7.19. The van der Waals surface area contributed by atoms with Crippen molar-refractivity contribution in [2.45, 2.75) is 18.9 Å². The van der Waals surface area contributed by atoms with Crippen molar-refractivity contribution < 1.29 is 4.79 Å². The molecule has 1 atom stereocenters. The summed E-state index contributed by atoms with van der Waals surface area (Å²) < 4.78 is 0. The number of likely N-dealkylation sites (N-methyl/N-ethyl adjacent to an activating group) is 1. The Morgan fingerprint density at radius 2 is 1.55 bits per heavy atom. The monoisotopic (exact) mass is 318 g/mol. The van der Waals surface area contributed by atoms with Crippen molar-refractivity contribution in [2.24, 2.45) is 0 Å². The van der Waals surface area contributed by atoms with Gasteiger partial charge in [0.15, 0.2) is 0 Å². The molecule has 0 fully saturated rings. The van der Waals surface area contributed by atoms with Crippen molar-refractivity contribution in [3.05, 3.63) is 71.8 Å². The number of hydrogen-bond donors (Lipinski definition) is 2. The molecule has 0 aliphatic heterocycles. The second-order valence-electron chi connectivity index (χ2n) is 5.44. The number of nitrogens with one attached hydrogen (secondary N) is 2. The zero-order chi connectivity index (χ0) is 15.1. The van der Waals surface area contributed by atoms with Crippen molar-refractivity contribution in [3.8, 4) is 0 Å². The van der Waals surface area contributed by atoms with Crippen molar-refractivity contribution in [3.63, 3.8) is 0 Å². The second kappa shape index (κ2) is 8.57. The topological polar surface area (TPSA) is 41.1 Å². The van der Waals surface area contributed by atoms with Crippen LogP contribution in [0.2, 0.25) is 0 Å². The van der Waals surface area contributed by atoms with E-state index in [0.29, 0.717) is 6.54 Å². The normalized spacial score (nSPS) is 12.8. The molecule has 0 heterocycles. The Balaban J connectivity index is 0.00000242. The van der Waals surface area contributed by atoms with Gasteiger partial charge < -0.3 is 10.6 Å². The van der Waals surface area contributed by atoms with Crippen LogP contribution in [0.25, 0.3) is 0 Å². The van der Waals surface area contributed by atoms with E-state index in [0.717, 1.165) is 12.0 Å². The van der Waals surface area contributed by atoms with Crippen LogP contribution in [0.4, 0.5) is 0 Å². The van der Waals surface area contributed by atoms with Crippen molar-refractivity contribution in [1.29, 1.82) is 0 Å². The number of halogens is 1. The maximum Gasteiger partial charge on any atom is 0.234 e. The predicted octanol–water partition coefficient (Wildman–Crippen LogP) is 2.90. The average Bonchev–Trinajstić information content (AvgIpc) is 2.49. The minimum atomic E-state index is -0.420. The second-order valence-corrected chi connectivity index (χ2v) is 5.44. The van der Waals surface area contributed by atoms with Crippen molar-refractivity contribution in [1.82, 2.24) is 10.6 Å². The Morgan fingerprint density at radius 1 is 1.00 bits per heavy atom. The first-order chi connectivity index (χ1) is 10.1. The van der Waals surface area contributed by atoms with Gasteiger partial charge in [-0.2, -0.15) is 0 Å². The third-order valence-electron chi connectivity index (χ3n) is 3.56. The minimum Gasteiger partial charge on any atom is -0.345 e. The van der Waals surface area contributed by atoms with Gasteiger partial charge in [0.25, 0.3) is 0 Å². The molecule has 0 aromatic heterocycles. The number of carbonyl (C=O) groups excluding carboxylic acids is 1. The predicted molar refractivity (Wildman–Crippen MR) is 93.3 cm³/mol.